The molecule has 0 amide bonds. The molecule has 1 aromatic rings. The summed E-state index contributed by atoms with van der Waals surface area (Å²) in [6.45, 7) is 1.91. The predicted octanol–water partition coefficient (Wildman–Crippen LogP) is 0.373. The molecular formula is C8H14N4S. The molecule has 5 heteroatoms. The molecule has 1 saturated heterocycles. The number of nitrogens with one attached hydrogen (secondary N) is 1. The maximum absolute atomic E-state index is 4.04. The molecule has 2 heterocycles. The van der Waals surface area contributed by atoms with E-state index in [1.54, 1.807) is 12.7 Å². The van der Waals surface area contributed by atoms with E-state index in [9.17, 15) is 0 Å². The first-order chi connectivity index (χ1) is 6.45. The van der Waals surface area contributed by atoms with Gasteiger partial charge in [0, 0.05) is 18.3 Å². The molecule has 1 aliphatic rings. The van der Waals surface area contributed by atoms with Gasteiger partial charge in [0.25, 0.3) is 0 Å². The van der Waals surface area contributed by atoms with Gasteiger partial charge >= 0.3 is 0 Å². The third-order valence-electron chi connectivity index (χ3n) is 2.17. The molecule has 13 heavy (non-hydrogen) atoms. The van der Waals surface area contributed by atoms with Crippen molar-refractivity contribution < 1.29 is 0 Å². The van der Waals surface area contributed by atoms with Crippen molar-refractivity contribution in [1.82, 2.24) is 20.1 Å². The number of aromatic nitrogens is 3. The molecule has 1 atom stereocenters. The van der Waals surface area contributed by atoms with Crippen LogP contribution in [-0.2, 0) is 6.54 Å². The van der Waals surface area contributed by atoms with Crippen LogP contribution in [0.4, 0.5) is 0 Å². The van der Waals surface area contributed by atoms with E-state index >= 15 is 0 Å². The summed E-state index contributed by atoms with van der Waals surface area (Å²) in [5, 5.41) is 7.55. The summed E-state index contributed by atoms with van der Waals surface area (Å²) in [5.41, 5.74) is 0. The minimum atomic E-state index is 0.716. The maximum Gasteiger partial charge on any atom is 0.137 e. The van der Waals surface area contributed by atoms with Crippen LogP contribution in [-0.4, -0.2) is 38.9 Å². The second-order valence-electron chi connectivity index (χ2n) is 3.17. The summed E-state index contributed by atoms with van der Waals surface area (Å²) in [4.78, 5) is 3.89. The molecule has 0 spiro atoms. The molecule has 0 aromatic carbocycles. The highest BCUT2D eigenvalue weighted by atomic mass is 32.2. The Kier molecular flexibility index (Phi) is 3.21. The third kappa shape index (κ3) is 2.70. The fraction of sp³-hybridized carbons (Fsp3) is 0.750. The van der Waals surface area contributed by atoms with Crippen LogP contribution in [0, 0.1) is 0 Å². The van der Waals surface area contributed by atoms with Crippen molar-refractivity contribution in [3.05, 3.63) is 12.7 Å². The van der Waals surface area contributed by atoms with Crippen LogP contribution in [0.1, 0.15) is 6.42 Å². The summed E-state index contributed by atoms with van der Waals surface area (Å²) in [7, 11) is 0. The van der Waals surface area contributed by atoms with Gasteiger partial charge in [-0.15, -0.1) is 0 Å². The van der Waals surface area contributed by atoms with Crippen molar-refractivity contribution in [2.24, 2.45) is 0 Å². The highest BCUT2D eigenvalue weighted by Crippen LogP contribution is 2.16. The van der Waals surface area contributed by atoms with Crippen molar-refractivity contribution in [2.45, 2.75) is 19.0 Å². The van der Waals surface area contributed by atoms with Crippen LogP contribution in [0.15, 0.2) is 12.7 Å². The van der Waals surface area contributed by atoms with Crippen LogP contribution in [0.2, 0.25) is 0 Å². The summed E-state index contributed by atoms with van der Waals surface area (Å²) in [6.07, 6.45) is 4.64. The van der Waals surface area contributed by atoms with Crippen LogP contribution >= 0.6 is 11.8 Å². The van der Waals surface area contributed by atoms with Crippen molar-refractivity contribution in [2.75, 3.05) is 18.1 Å². The van der Waals surface area contributed by atoms with Crippen LogP contribution in [0.25, 0.3) is 0 Å². The monoisotopic (exact) mass is 198 g/mol. The minimum absolute atomic E-state index is 0.716. The molecule has 1 N–H and O–H groups in total. The largest absolute Gasteiger partial charge is 0.311 e. The molecule has 1 unspecified atom stereocenters. The van der Waals surface area contributed by atoms with E-state index in [-0.39, 0.29) is 0 Å². The molecule has 1 fully saturated rings. The van der Waals surface area contributed by atoms with E-state index in [1.165, 1.54) is 17.9 Å². The average molecular weight is 198 g/mol. The van der Waals surface area contributed by atoms with Crippen LogP contribution < -0.4 is 5.32 Å². The van der Waals surface area contributed by atoms with Crippen molar-refractivity contribution in [3.63, 3.8) is 0 Å². The molecule has 0 saturated carbocycles. The number of rotatable bonds is 4. The molecular weight excluding hydrogens is 184 g/mol. The first-order valence-electron chi connectivity index (χ1n) is 4.59. The zero-order valence-electron chi connectivity index (χ0n) is 7.52. The van der Waals surface area contributed by atoms with E-state index in [4.69, 9.17) is 0 Å². The molecule has 1 aliphatic heterocycles. The van der Waals surface area contributed by atoms with Gasteiger partial charge in [-0.2, -0.15) is 16.9 Å². The van der Waals surface area contributed by atoms with E-state index in [0.717, 1.165) is 13.1 Å². The SMILES string of the molecule is c1ncn(CCNC2CCSC2)n1. The van der Waals surface area contributed by atoms with Gasteiger partial charge in [-0.05, 0) is 12.2 Å². The van der Waals surface area contributed by atoms with Gasteiger partial charge in [-0.1, -0.05) is 0 Å². The van der Waals surface area contributed by atoms with E-state index in [1.807, 2.05) is 16.4 Å². The zero-order valence-corrected chi connectivity index (χ0v) is 8.33. The van der Waals surface area contributed by atoms with Crippen molar-refractivity contribution >= 4 is 11.8 Å². The standard InChI is InChI=1S/C8H14N4S/c1-4-13-5-8(1)10-2-3-12-7-9-6-11-12/h6-8,10H,1-5H2. The van der Waals surface area contributed by atoms with E-state index in [2.05, 4.69) is 15.4 Å². The number of thioether (sulfide) groups is 1. The Bertz CT molecular complexity index is 230. The first kappa shape index (κ1) is 9.02. The van der Waals surface area contributed by atoms with E-state index in [0.29, 0.717) is 6.04 Å². The quantitative estimate of drug-likeness (QED) is 0.759. The van der Waals surface area contributed by atoms with Gasteiger partial charge < -0.3 is 5.32 Å². The Labute approximate surface area is 82.1 Å². The average Bonchev–Trinajstić information content (AvgIpc) is 2.75. The third-order valence-corrected chi connectivity index (χ3v) is 3.33. The first-order valence-corrected chi connectivity index (χ1v) is 5.74. The Hall–Kier alpha value is -0.550. The van der Waals surface area contributed by atoms with Crippen molar-refractivity contribution in [1.29, 1.82) is 0 Å². The van der Waals surface area contributed by atoms with Gasteiger partial charge in [0.05, 0.1) is 6.54 Å². The fourth-order valence-electron chi connectivity index (χ4n) is 1.43. The Balaban J connectivity index is 1.63. The number of hydrogen-bond donors (Lipinski definition) is 1. The van der Waals surface area contributed by atoms with Gasteiger partial charge in [0.1, 0.15) is 12.7 Å². The molecule has 0 bridgehead atoms. The van der Waals surface area contributed by atoms with Crippen LogP contribution in [0.5, 0.6) is 0 Å². The summed E-state index contributed by atoms with van der Waals surface area (Å²) >= 11 is 2.03. The lowest BCUT2D eigenvalue weighted by Gasteiger charge is -2.10. The predicted molar refractivity (Wildman–Crippen MR) is 53.8 cm³/mol. The Morgan fingerprint density at radius 2 is 2.62 bits per heavy atom. The molecule has 4 nitrogen and oxygen atoms in total. The highest BCUT2D eigenvalue weighted by molar-refractivity contribution is 7.99. The fourth-order valence-corrected chi connectivity index (χ4v) is 2.61. The van der Waals surface area contributed by atoms with Gasteiger partial charge in [0.15, 0.2) is 0 Å². The summed E-state index contributed by atoms with van der Waals surface area (Å²) in [5.74, 6) is 2.57. The molecule has 2 rings (SSSR count). The van der Waals surface area contributed by atoms with Crippen LogP contribution in [0.3, 0.4) is 0 Å². The number of hydrogen-bond acceptors (Lipinski definition) is 4. The lowest BCUT2D eigenvalue weighted by Crippen LogP contribution is -2.31. The second-order valence-corrected chi connectivity index (χ2v) is 4.32. The van der Waals surface area contributed by atoms with Gasteiger partial charge in [-0.3, -0.25) is 4.68 Å². The molecule has 0 aliphatic carbocycles. The van der Waals surface area contributed by atoms with Gasteiger partial charge in [0.2, 0.25) is 0 Å². The normalized spacial score (nSPS) is 22.3. The van der Waals surface area contributed by atoms with E-state index < -0.39 is 0 Å². The molecule has 0 radical (unpaired) electrons. The summed E-state index contributed by atoms with van der Waals surface area (Å²) < 4.78 is 1.86. The Morgan fingerprint density at radius 1 is 1.62 bits per heavy atom. The van der Waals surface area contributed by atoms with Gasteiger partial charge in [-0.25, -0.2) is 4.98 Å². The minimum Gasteiger partial charge on any atom is -0.311 e. The number of nitrogens with zero attached hydrogens (tertiary/aromatic N) is 3. The molecule has 72 valence electrons. The maximum atomic E-state index is 4.04. The lowest BCUT2D eigenvalue weighted by atomic mass is 10.3. The highest BCUT2D eigenvalue weighted by Gasteiger charge is 2.13. The van der Waals surface area contributed by atoms with Crippen molar-refractivity contribution in [3.8, 4) is 0 Å². The zero-order chi connectivity index (χ0) is 8.93. The lowest BCUT2D eigenvalue weighted by molar-refractivity contribution is 0.500. The smallest absolute Gasteiger partial charge is 0.137 e. The second kappa shape index (κ2) is 4.62. The summed E-state index contributed by atoms with van der Waals surface area (Å²) in [6, 6.07) is 0.716. The topological polar surface area (TPSA) is 42.7 Å². The molecule has 1 aromatic heterocycles. The Morgan fingerprint density at radius 3 is 3.31 bits per heavy atom.